The van der Waals surface area contributed by atoms with E-state index >= 15 is 0 Å². The van der Waals surface area contributed by atoms with Gasteiger partial charge in [0.2, 0.25) is 0 Å². The molecule has 1 nitrogen and oxygen atoms in total. The van der Waals surface area contributed by atoms with Crippen LogP contribution in [-0.2, 0) is 0 Å². The second-order valence-electron chi connectivity index (χ2n) is 10.2. The standard InChI is InChI=1S/C44H30O/c1-3-16-29(4-2)32-19-8-9-20-33(32)42-34-21-10-12-23-36(34)43(37-24-13-11-22-35(37)42)39-27-31(30-17-6-5-7-18-30)28-41-44(39)38-25-14-15-26-40(38)45-41/h3-28H,1-2H2/b29-16+/i5D,6D,7D,8D,9D,10D,11D,12D,13D,17D,18D,19D,20D,21D,23D. The van der Waals surface area contributed by atoms with Crippen LogP contribution in [0.4, 0.5) is 0 Å². The minimum atomic E-state index is -0.651. The molecular weight excluding hydrogens is 544 g/mol. The first-order valence-corrected chi connectivity index (χ1v) is 14.0. The van der Waals surface area contributed by atoms with Crippen LogP contribution in [0.5, 0.6) is 0 Å². The van der Waals surface area contributed by atoms with Gasteiger partial charge in [-0.1, -0.05) is 152 Å². The maximum absolute atomic E-state index is 9.54. The van der Waals surface area contributed by atoms with Crippen molar-refractivity contribution >= 4 is 49.1 Å². The van der Waals surface area contributed by atoms with E-state index in [0.29, 0.717) is 16.4 Å². The lowest BCUT2D eigenvalue weighted by molar-refractivity contribution is 0.669. The van der Waals surface area contributed by atoms with Gasteiger partial charge < -0.3 is 4.42 Å². The molecule has 7 aromatic carbocycles. The number of allylic oxidation sites excluding steroid dienone is 4. The molecule has 8 aromatic rings. The topological polar surface area (TPSA) is 13.1 Å². The third kappa shape index (κ3) is 4.32. The van der Waals surface area contributed by atoms with Crippen molar-refractivity contribution in [2.45, 2.75) is 0 Å². The lowest BCUT2D eigenvalue weighted by Crippen LogP contribution is -1.94. The zero-order valence-electron chi connectivity index (χ0n) is 38.7. The van der Waals surface area contributed by atoms with E-state index in [-0.39, 0.29) is 83.7 Å². The van der Waals surface area contributed by atoms with Gasteiger partial charge in [0.25, 0.3) is 0 Å². The van der Waals surface area contributed by atoms with Crippen LogP contribution in [0.3, 0.4) is 0 Å². The van der Waals surface area contributed by atoms with Gasteiger partial charge in [0, 0.05) is 10.8 Å². The average Bonchev–Trinajstić information content (AvgIpc) is 3.61. The van der Waals surface area contributed by atoms with Crippen LogP contribution in [0.25, 0.3) is 82.4 Å². The predicted molar refractivity (Wildman–Crippen MR) is 193 cm³/mol. The fraction of sp³-hybridized carbons (Fsp3) is 0. The molecule has 0 saturated heterocycles. The quantitative estimate of drug-likeness (QED) is 0.139. The van der Waals surface area contributed by atoms with Crippen molar-refractivity contribution < 1.29 is 25.0 Å². The minimum absolute atomic E-state index is 0.0495. The first kappa shape index (κ1) is 15.2. The Labute approximate surface area is 283 Å². The Kier molecular flexibility index (Phi) is 3.70. The zero-order valence-corrected chi connectivity index (χ0v) is 23.7. The Morgan fingerprint density at radius 3 is 1.98 bits per heavy atom. The van der Waals surface area contributed by atoms with Crippen molar-refractivity contribution in [3.63, 3.8) is 0 Å². The number of fused-ring (bicyclic) bond motifs is 5. The highest BCUT2D eigenvalue weighted by Crippen LogP contribution is 2.49. The van der Waals surface area contributed by atoms with Crippen LogP contribution >= 0.6 is 0 Å². The summed E-state index contributed by atoms with van der Waals surface area (Å²) in [4.78, 5) is 0. The van der Waals surface area contributed by atoms with Gasteiger partial charge >= 0.3 is 0 Å². The van der Waals surface area contributed by atoms with Crippen LogP contribution in [0, 0.1) is 0 Å². The average molecular weight is 590 g/mol. The monoisotopic (exact) mass is 589 g/mol. The molecule has 0 aliphatic rings. The molecule has 0 atom stereocenters. The second-order valence-corrected chi connectivity index (χ2v) is 10.2. The van der Waals surface area contributed by atoms with Gasteiger partial charge in [-0.2, -0.15) is 0 Å². The third-order valence-corrected chi connectivity index (χ3v) is 7.81. The number of para-hydroxylation sites is 1. The van der Waals surface area contributed by atoms with E-state index in [2.05, 4.69) is 13.2 Å². The fourth-order valence-electron chi connectivity index (χ4n) is 5.98. The largest absolute Gasteiger partial charge is 0.456 e. The van der Waals surface area contributed by atoms with Crippen molar-refractivity contribution in [2.75, 3.05) is 0 Å². The molecule has 0 spiro atoms. The van der Waals surface area contributed by atoms with Gasteiger partial charge in [0.05, 0.1) is 20.6 Å². The first-order valence-electron chi connectivity index (χ1n) is 21.5. The van der Waals surface area contributed by atoms with Crippen molar-refractivity contribution in [1.82, 2.24) is 0 Å². The molecular formula is C44H30O. The maximum atomic E-state index is 9.54. The molecule has 0 unspecified atom stereocenters. The summed E-state index contributed by atoms with van der Waals surface area (Å²) in [5.41, 5.74) is 0.877. The summed E-state index contributed by atoms with van der Waals surface area (Å²) < 4.78 is 140. The summed E-state index contributed by atoms with van der Waals surface area (Å²) in [5.74, 6) is 0. The number of benzene rings is 7. The minimum Gasteiger partial charge on any atom is -0.456 e. The highest BCUT2D eigenvalue weighted by molar-refractivity contribution is 6.26. The Balaban J connectivity index is 1.72. The molecule has 1 heteroatoms. The summed E-state index contributed by atoms with van der Waals surface area (Å²) in [7, 11) is 0. The molecule has 1 heterocycles. The maximum Gasteiger partial charge on any atom is 0.136 e. The molecule has 0 amide bonds. The van der Waals surface area contributed by atoms with Crippen LogP contribution in [0.1, 0.15) is 26.1 Å². The van der Waals surface area contributed by atoms with E-state index in [1.54, 1.807) is 30.3 Å². The molecule has 0 fully saturated rings. The molecule has 0 radical (unpaired) electrons. The number of rotatable bonds is 6. The molecule has 8 rings (SSSR count). The van der Waals surface area contributed by atoms with E-state index in [9.17, 15) is 4.11 Å². The highest BCUT2D eigenvalue weighted by Gasteiger charge is 2.22. The number of hydrogen-bond acceptors (Lipinski definition) is 1. The number of furan rings is 1. The van der Waals surface area contributed by atoms with Crippen LogP contribution < -0.4 is 0 Å². The molecule has 0 aliphatic heterocycles. The van der Waals surface area contributed by atoms with Crippen molar-refractivity contribution in [3.8, 4) is 33.4 Å². The summed E-state index contributed by atoms with van der Waals surface area (Å²) >= 11 is 0. The normalized spacial score (nSPS) is 16.5. The van der Waals surface area contributed by atoms with Crippen molar-refractivity contribution in [2.24, 2.45) is 0 Å². The summed E-state index contributed by atoms with van der Waals surface area (Å²) in [6.07, 6.45) is 4.27. The predicted octanol–water partition coefficient (Wildman–Crippen LogP) is 12.6. The molecule has 45 heavy (non-hydrogen) atoms. The molecule has 0 bridgehead atoms. The van der Waals surface area contributed by atoms with E-state index < -0.39 is 78.6 Å². The van der Waals surface area contributed by atoms with Crippen molar-refractivity contribution in [1.29, 1.82) is 0 Å². The smallest absolute Gasteiger partial charge is 0.136 e. The summed E-state index contributed by atoms with van der Waals surface area (Å²) in [5, 5.41) is 0.968. The first-order chi connectivity index (χ1) is 28.5. The van der Waals surface area contributed by atoms with Crippen LogP contribution in [0.2, 0.25) is 0 Å². The van der Waals surface area contributed by atoms with E-state index in [1.807, 2.05) is 0 Å². The van der Waals surface area contributed by atoms with E-state index in [1.165, 1.54) is 36.4 Å². The summed E-state index contributed by atoms with van der Waals surface area (Å²) in [6, 6.07) is 4.81. The van der Waals surface area contributed by atoms with Crippen molar-refractivity contribution in [3.05, 3.63) is 176 Å². The zero-order chi connectivity index (χ0) is 43.4. The highest BCUT2D eigenvalue weighted by atomic mass is 16.3. The number of hydrogen-bond donors (Lipinski definition) is 0. The van der Waals surface area contributed by atoms with Crippen LogP contribution in [-0.4, -0.2) is 0 Å². The van der Waals surface area contributed by atoms with Gasteiger partial charge in [-0.25, -0.2) is 0 Å². The Morgan fingerprint density at radius 2 is 1.24 bits per heavy atom. The van der Waals surface area contributed by atoms with Crippen LogP contribution in [0.15, 0.2) is 175 Å². The SMILES string of the molecule is [2H]c1cc2c(-c3c([2H])c([2H])c([2H])c([2H])c3/C(C=C)=C/C=C)c3c([2H])c([2H])c([2H])c([2H])c3c(-c3cc(-c4c([2H])c([2H])c([2H])c([2H])c4[2H])cc4oc5ccccc5c34)c2cc1[2H]. The molecule has 0 aliphatic carbocycles. The molecule has 212 valence electrons. The third-order valence-electron chi connectivity index (χ3n) is 7.81. The van der Waals surface area contributed by atoms with Gasteiger partial charge in [-0.15, -0.1) is 0 Å². The Hall–Kier alpha value is -5.92. The second kappa shape index (κ2) is 11.0. The van der Waals surface area contributed by atoms with Gasteiger partial charge in [0.15, 0.2) is 0 Å². The Bertz CT molecular complexity index is 3280. The molecule has 0 N–H and O–H groups in total. The lowest BCUT2D eigenvalue weighted by atomic mass is 9.82. The fourth-order valence-corrected chi connectivity index (χ4v) is 5.98. The van der Waals surface area contributed by atoms with E-state index in [4.69, 9.17) is 20.9 Å². The van der Waals surface area contributed by atoms with Gasteiger partial charge in [-0.05, 0) is 84.3 Å². The molecule has 0 saturated carbocycles. The van der Waals surface area contributed by atoms with Gasteiger partial charge in [0.1, 0.15) is 11.2 Å². The Morgan fingerprint density at radius 1 is 0.578 bits per heavy atom. The van der Waals surface area contributed by atoms with E-state index in [0.717, 1.165) is 0 Å². The summed E-state index contributed by atoms with van der Waals surface area (Å²) in [6.45, 7) is 7.62. The van der Waals surface area contributed by atoms with Gasteiger partial charge in [-0.3, -0.25) is 0 Å². The molecule has 1 aromatic heterocycles. The lowest BCUT2D eigenvalue weighted by Gasteiger charge is -2.20.